The van der Waals surface area contributed by atoms with E-state index >= 15 is 0 Å². The highest BCUT2D eigenvalue weighted by molar-refractivity contribution is 7.99. The van der Waals surface area contributed by atoms with E-state index in [0.717, 1.165) is 39.5 Å². The Balaban J connectivity index is 1.68. The predicted octanol–water partition coefficient (Wildman–Crippen LogP) is 6.63. The highest BCUT2D eigenvalue weighted by atomic mass is 32.2. The van der Waals surface area contributed by atoms with Gasteiger partial charge in [0, 0.05) is 5.75 Å². The summed E-state index contributed by atoms with van der Waals surface area (Å²) in [5.74, 6) is 0.120. The van der Waals surface area contributed by atoms with Crippen molar-refractivity contribution in [1.29, 1.82) is 0 Å². The number of hydrogen-bond acceptors (Lipinski definition) is 5. The molecule has 35 heavy (non-hydrogen) atoms. The van der Waals surface area contributed by atoms with Crippen LogP contribution in [-0.4, -0.2) is 29.6 Å². The number of imidazole rings is 1. The number of para-hydroxylation sites is 1. The second kappa shape index (κ2) is 12.0. The number of hydrogen-bond donors (Lipinski definition) is 0. The van der Waals surface area contributed by atoms with E-state index in [9.17, 15) is 13.2 Å². The molecular formula is C27H27N3O3S2. The minimum Gasteiger partial charge on any atom is -0.314 e. The summed E-state index contributed by atoms with van der Waals surface area (Å²) in [7, 11) is -2.81. The second-order valence-corrected chi connectivity index (χ2v) is 9.92. The van der Waals surface area contributed by atoms with Crippen molar-refractivity contribution in [3.05, 3.63) is 83.9 Å². The van der Waals surface area contributed by atoms with Crippen molar-refractivity contribution in [3.8, 4) is 11.1 Å². The number of unbranched alkanes of at least 4 members (excludes halogenated alkanes) is 3. The van der Waals surface area contributed by atoms with E-state index in [2.05, 4.69) is 52.3 Å². The predicted molar refractivity (Wildman–Crippen MR) is 141 cm³/mol. The van der Waals surface area contributed by atoms with Gasteiger partial charge in [-0.15, -0.1) is 0 Å². The average Bonchev–Trinajstić information content (AvgIpc) is 3.21. The molecule has 0 unspecified atom stereocenters. The zero-order valence-corrected chi connectivity index (χ0v) is 21.2. The molecule has 0 aliphatic carbocycles. The van der Waals surface area contributed by atoms with Crippen molar-refractivity contribution in [1.82, 2.24) is 9.55 Å². The van der Waals surface area contributed by atoms with Gasteiger partial charge in [-0.25, -0.2) is 4.98 Å². The monoisotopic (exact) mass is 505 g/mol. The van der Waals surface area contributed by atoms with Gasteiger partial charge in [-0.2, -0.15) is 8.42 Å². The Kier molecular flexibility index (Phi) is 8.50. The maximum absolute atomic E-state index is 12.4. The third-order valence-corrected chi connectivity index (χ3v) is 7.14. The van der Waals surface area contributed by atoms with E-state index in [1.807, 2.05) is 24.3 Å². The van der Waals surface area contributed by atoms with Crippen LogP contribution in [-0.2, 0) is 17.0 Å². The van der Waals surface area contributed by atoms with Gasteiger partial charge in [0.15, 0.2) is 5.16 Å². The van der Waals surface area contributed by atoms with Gasteiger partial charge in [-0.3, -0.25) is 4.79 Å². The summed E-state index contributed by atoms with van der Waals surface area (Å²) < 4.78 is 27.2. The normalized spacial score (nSPS) is 11.0. The first-order valence-electron chi connectivity index (χ1n) is 11.7. The van der Waals surface area contributed by atoms with Crippen LogP contribution in [0.5, 0.6) is 0 Å². The van der Waals surface area contributed by atoms with Crippen molar-refractivity contribution in [2.75, 3.05) is 5.75 Å². The van der Waals surface area contributed by atoms with Gasteiger partial charge in [-0.1, -0.05) is 103 Å². The van der Waals surface area contributed by atoms with Crippen LogP contribution in [0.15, 0.2) is 82.3 Å². The van der Waals surface area contributed by atoms with Crippen LogP contribution >= 0.6 is 11.8 Å². The zero-order valence-electron chi connectivity index (χ0n) is 19.6. The Hall–Kier alpha value is -3.23. The van der Waals surface area contributed by atoms with Crippen LogP contribution in [0.4, 0.5) is 0 Å². The minimum absolute atomic E-state index is 0.192. The Bertz CT molecular complexity index is 1440. The molecule has 180 valence electrons. The standard InChI is InChI=1S/C27H27N3O3S2/c1-2-3-4-8-18-34-27-28-25-23(26(31)29-35(32)33)12-9-13-24(25)30(27)19-20-14-16-22(17-15-20)21-10-6-5-7-11-21/h5-7,9-17H,2-4,8,18-19H2,1H3. The lowest BCUT2D eigenvalue weighted by Gasteiger charge is -2.10. The maximum atomic E-state index is 12.4. The molecule has 0 fully saturated rings. The summed E-state index contributed by atoms with van der Waals surface area (Å²) in [6.07, 6.45) is 4.64. The Morgan fingerprint density at radius 1 is 0.914 bits per heavy atom. The fourth-order valence-corrected chi connectivity index (χ4v) is 5.23. The van der Waals surface area contributed by atoms with Gasteiger partial charge in [0.1, 0.15) is 5.52 Å². The molecule has 1 aromatic heterocycles. The fourth-order valence-electron chi connectivity index (χ4n) is 3.99. The first kappa shape index (κ1) is 24.9. The molecule has 1 amide bonds. The molecule has 0 aliphatic rings. The van der Waals surface area contributed by atoms with E-state index in [1.165, 1.54) is 19.3 Å². The molecule has 0 radical (unpaired) electrons. The van der Waals surface area contributed by atoms with Crippen LogP contribution in [0, 0.1) is 0 Å². The third kappa shape index (κ3) is 6.26. The topological polar surface area (TPSA) is 81.4 Å². The molecule has 0 atom stereocenters. The van der Waals surface area contributed by atoms with E-state index in [0.29, 0.717) is 12.1 Å². The van der Waals surface area contributed by atoms with Crippen molar-refractivity contribution in [2.45, 2.75) is 44.3 Å². The van der Waals surface area contributed by atoms with Crippen molar-refractivity contribution in [3.63, 3.8) is 0 Å². The third-order valence-electron chi connectivity index (χ3n) is 5.76. The number of aromatic nitrogens is 2. The Morgan fingerprint density at radius 2 is 1.66 bits per heavy atom. The number of benzene rings is 3. The smallest absolute Gasteiger partial charge is 0.314 e. The number of fused-ring (bicyclic) bond motifs is 1. The van der Waals surface area contributed by atoms with Crippen molar-refractivity contribution >= 4 is 39.2 Å². The van der Waals surface area contributed by atoms with E-state index in [-0.39, 0.29) is 5.56 Å². The molecule has 0 spiro atoms. The van der Waals surface area contributed by atoms with Gasteiger partial charge < -0.3 is 4.57 Å². The number of carbonyl (C=O) groups excluding carboxylic acids is 1. The van der Waals surface area contributed by atoms with E-state index < -0.39 is 16.4 Å². The molecule has 0 aliphatic heterocycles. The van der Waals surface area contributed by atoms with Crippen LogP contribution < -0.4 is 0 Å². The summed E-state index contributed by atoms with van der Waals surface area (Å²) in [5.41, 5.74) is 4.87. The lowest BCUT2D eigenvalue weighted by Crippen LogP contribution is -2.02. The maximum Gasteiger partial charge on any atom is 0.319 e. The first-order chi connectivity index (χ1) is 17.1. The number of carbonyl (C=O) groups is 1. The van der Waals surface area contributed by atoms with Gasteiger partial charge in [0.05, 0.1) is 17.6 Å². The first-order valence-corrected chi connectivity index (χ1v) is 13.7. The van der Waals surface area contributed by atoms with Crippen LogP contribution in [0.1, 0.15) is 48.5 Å². The zero-order chi connectivity index (χ0) is 24.6. The van der Waals surface area contributed by atoms with Crippen LogP contribution in [0.25, 0.3) is 22.2 Å². The molecule has 8 heteroatoms. The van der Waals surface area contributed by atoms with Crippen LogP contribution in [0.2, 0.25) is 0 Å². The number of nitrogens with zero attached hydrogens (tertiary/aromatic N) is 3. The lowest BCUT2D eigenvalue weighted by atomic mass is 10.0. The summed E-state index contributed by atoms with van der Waals surface area (Å²) >= 11 is 1.67. The molecule has 0 saturated carbocycles. The Labute approximate surface area is 211 Å². The molecule has 0 bridgehead atoms. The summed E-state index contributed by atoms with van der Waals surface area (Å²) in [4.78, 5) is 17.2. The SMILES string of the molecule is CCCCCCSc1nc2c(C(=O)N=S(=O)=O)cccc2n1Cc1ccc(-c2ccccc2)cc1. The van der Waals surface area contributed by atoms with Gasteiger partial charge in [0.25, 0.3) is 5.91 Å². The molecule has 3 aromatic carbocycles. The Morgan fingerprint density at radius 3 is 2.37 bits per heavy atom. The quantitative estimate of drug-likeness (QED) is 0.179. The van der Waals surface area contributed by atoms with Gasteiger partial charge in [0.2, 0.25) is 0 Å². The highest BCUT2D eigenvalue weighted by Gasteiger charge is 2.18. The summed E-state index contributed by atoms with van der Waals surface area (Å²) in [6, 6.07) is 23.9. The number of thioether (sulfide) groups is 1. The van der Waals surface area contributed by atoms with Crippen molar-refractivity contribution in [2.24, 2.45) is 4.36 Å². The molecular weight excluding hydrogens is 478 g/mol. The van der Waals surface area contributed by atoms with Gasteiger partial charge in [-0.05, 0) is 35.2 Å². The largest absolute Gasteiger partial charge is 0.319 e. The summed E-state index contributed by atoms with van der Waals surface area (Å²) in [5, 5.41) is 0.812. The fraction of sp³-hybridized carbons (Fsp3) is 0.259. The molecule has 6 nitrogen and oxygen atoms in total. The number of amides is 1. The van der Waals surface area contributed by atoms with Gasteiger partial charge >= 0.3 is 10.5 Å². The van der Waals surface area contributed by atoms with Crippen molar-refractivity contribution < 1.29 is 13.2 Å². The highest BCUT2D eigenvalue weighted by Crippen LogP contribution is 2.29. The second-order valence-electron chi connectivity index (χ2n) is 8.24. The van der Waals surface area contributed by atoms with E-state index in [4.69, 9.17) is 4.98 Å². The lowest BCUT2D eigenvalue weighted by molar-refractivity contribution is 0.101. The van der Waals surface area contributed by atoms with E-state index in [1.54, 1.807) is 23.9 Å². The molecule has 1 heterocycles. The minimum atomic E-state index is -2.81. The summed E-state index contributed by atoms with van der Waals surface area (Å²) in [6.45, 7) is 2.78. The molecule has 0 N–H and O–H groups in total. The average molecular weight is 506 g/mol. The van der Waals surface area contributed by atoms with Crippen LogP contribution in [0.3, 0.4) is 0 Å². The number of rotatable bonds is 10. The molecule has 4 aromatic rings. The molecule has 4 rings (SSSR count). The molecule has 0 saturated heterocycles.